The van der Waals surface area contributed by atoms with E-state index >= 15 is 0 Å². The minimum atomic E-state index is -2.95. The number of furan rings is 1. The average Bonchev–Trinajstić information content (AvgIpc) is 3.26. The number of ether oxygens (including phenoxy) is 1. The van der Waals surface area contributed by atoms with Crippen LogP contribution in [0.15, 0.2) is 51.9 Å². The van der Waals surface area contributed by atoms with Crippen molar-refractivity contribution in [1.82, 2.24) is 14.5 Å². The molecule has 5 atom stereocenters. The summed E-state index contributed by atoms with van der Waals surface area (Å²) in [6.07, 6.45) is 0.991. The van der Waals surface area contributed by atoms with Crippen molar-refractivity contribution < 1.29 is 27.8 Å². The van der Waals surface area contributed by atoms with Gasteiger partial charge in [0.15, 0.2) is 28.5 Å². The lowest BCUT2D eigenvalue weighted by molar-refractivity contribution is -0.138. The lowest BCUT2D eigenvalue weighted by atomic mass is 9.79. The molecule has 2 unspecified atom stereocenters. The zero-order valence-corrected chi connectivity index (χ0v) is 24.1. The topological polar surface area (TPSA) is 101 Å². The van der Waals surface area contributed by atoms with Crippen molar-refractivity contribution >= 4 is 62.9 Å². The molecule has 2 saturated heterocycles. The second-order valence-electron chi connectivity index (χ2n) is 12.2. The zero-order valence-electron chi connectivity index (χ0n) is 23.3. The first-order valence-corrected chi connectivity index (χ1v) is 15.0. The van der Waals surface area contributed by atoms with Crippen molar-refractivity contribution in [2.45, 2.75) is 63.1 Å². The smallest absolute Gasteiger partial charge is 0.406 e. The Labute approximate surface area is 250 Å². The van der Waals surface area contributed by atoms with E-state index in [1.54, 1.807) is 24.3 Å². The van der Waals surface area contributed by atoms with Crippen LogP contribution in [0.3, 0.4) is 0 Å². The fourth-order valence-electron chi connectivity index (χ4n) is 7.89. The number of fused-ring (bicyclic) bond motifs is 6. The third-order valence-electron chi connectivity index (χ3n) is 9.98. The first-order chi connectivity index (χ1) is 20.7. The Kier molecular flexibility index (Phi) is 5.81. The van der Waals surface area contributed by atoms with Crippen LogP contribution in [0.5, 0.6) is 0 Å². The summed E-state index contributed by atoms with van der Waals surface area (Å²) in [6.45, 7) is 3.20. The third kappa shape index (κ3) is 3.70. The maximum absolute atomic E-state index is 14.0. The number of anilines is 1. The van der Waals surface area contributed by atoms with E-state index in [0.717, 1.165) is 37.2 Å². The van der Waals surface area contributed by atoms with Gasteiger partial charge in [-0.05, 0) is 37.1 Å². The molecule has 12 heteroatoms. The number of rotatable bonds is 4. The molecule has 3 fully saturated rings. The van der Waals surface area contributed by atoms with Gasteiger partial charge in [0.1, 0.15) is 40.5 Å². The Morgan fingerprint density at radius 1 is 1.21 bits per heavy atom. The number of aliphatic carboxylic acids is 1. The quantitative estimate of drug-likeness (QED) is 0.197. The van der Waals surface area contributed by atoms with Crippen LogP contribution < -0.4 is 9.38 Å². The maximum Gasteiger partial charge on any atom is 0.406 e. The number of carboxylic acids is 1. The van der Waals surface area contributed by atoms with Crippen molar-refractivity contribution in [3.8, 4) is 0 Å². The van der Waals surface area contributed by atoms with Gasteiger partial charge in [-0.1, -0.05) is 43.1 Å². The van der Waals surface area contributed by atoms with Gasteiger partial charge in [0.25, 0.3) is 6.43 Å². The highest BCUT2D eigenvalue weighted by atomic mass is 35.5. The van der Waals surface area contributed by atoms with Crippen LogP contribution in [0.4, 0.5) is 26.0 Å². The Morgan fingerprint density at radius 3 is 2.84 bits per heavy atom. The Hall–Kier alpha value is -3.83. The lowest BCUT2D eigenvalue weighted by Crippen LogP contribution is -2.47. The highest BCUT2D eigenvalue weighted by Crippen LogP contribution is 2.64. The van der Waals surface area contributed by atoms with E-state index in [-0.39, 0.29) is 35.4 Å². The van der Waals surface area contributed by atoms with E-state index in [2.05, 4.69) is 16.9 Å². The van der Waals surface area contributed by atoms with Gasteiger partial charge in [-0.15, -0.1) is 0 Å². The van der Waals surface area contributed by atoms with Crippen molar-refractivity contribution in [3.63, 3.8) is 0 Å². The molecule has 0 amide bonds. The molecule has 0 radical (unpaired) electrons. The van der Waals surface area contributed by atoms with Gasteiger partial charge in [0.2, 0.25) is 0 Å². The van der Waals surface area contributed by atoms with Gasteiger partial charge in [-0.25, -0.2) is 23.5 Å². The summed E-state index contributed by atoms with van der Waals surface area (Å²) in [5.74, 6) is -1.35. The number of para-hydroxylation sites is 2. The van der Waals surface area contributed by atoms with Crippen molar-refractivity contribution in [1.29, 1.82) is 0 Å². The average molecular weight is 609 g/mol. The van der Waals surface area contributed by atoms with Gasteiger partial charge in [0, 0.05) is 24.1 Å². The summed E-state index contributed by atoms with van der Waals surface area (Å²) in [4.78, 5) is 27.2. The van der Waals surface area contributed by atoms with E-state index < -0.39 is 30.4 Å². The summed E-state index contributed by atoms with van der Waals surface area (Å²) >= 11 is 6.81. The van der Waals surface area contributed by atoms with E-state index in [1.165, 1.54) is 11.3 Å². The molecule has 5 heterocycles. The molecule has 222 valence electrons. The zero-order chi connectivity index (χ0) is 29.7. The minimum absolute atomic E-state index is 0.0164. The molecule has 4 aromatic rings. The first kappa shape index (κ1) is 26.8. The Bertz CT molecular complexity index is 1850. The Morgan fingerprint density at radius 2 is 2.05 bits per heavy atom. The number of aliphatic imine (C=N–C) groups is 1. The van der Waals surface area contributed by atoms with Crippen LogP contribution in [-0.4, -0.2) is 57.8 Å². The predicted molar refractivity (Wildman–Crippen MR) is 158 cm³/mol. The number of amidine groups is 1. The normalized spacial score (nSPS) is 29.7. The van der Waals surface area contributed by atoms with Crippen LogP contribution in [0, 0.1) is 5.92 Å². The van der Waals surface area contributed by atoms with Gasteiger partial charge >= 0.3 is 12.0 Å². The van der Waals surface area contributed by atoms with Crippen molar-refractivity contribution in [3.05, 3.63) is 53.3 Å². The number of halogens is 3. The number of benzene rings is 2. The van der Waals surface area contributed by atoms with Crippen LogP contribution in [-0.2, 0) is 9.53 Å². The van der Waals surface area contributed by atoms with E-state index in [0.29, 0.717) is 32.4 Å². The number of hydrogen-bond donors (Lipinski definition) is 1. The highest BCUT2D eigenvalue weighted by molar-refractivity contribution is 6.35. The van der Waals surface area contributed by atoms with Crippen molar-refractivity contribution in [2.24, 2.45) is 10.9 Å². The number of aromatic nitrogens is 2. The van der Waals surface area contributed by atoms with Gasteiger partial charge in [0.05, 0.1) is 6.54 Å². The summed E-state index contributed by atoms with van der Waals surface area (Å²) in [5.41, 5.74) is 2.47. The second-order valence-corrected chi connectivity index (χ2v) is 12.6. The summed E-state index contributed by atoms with van der Waals surface area (Å²) in [5, 5.41) is 11.5. The molecule has 2 spiro atoms. The highest BCUT2D eigenvalue weighted by Gasteiger charge is 2.80. The number of alkyl halides is 2. The van der Waals surface area contributed by atoms with Crippen LogP contribution in [0.25, 0.3) is 22.1 Å². The second kappa shape index (κ2) is 9.33. The molecule has 1 saturated carbocycles. The fraction of sp³-hybridized carbons (Fsp3) is 0.419. The molecule has 4 aliphatic rings. The van der Waals surface area contributed by atoms with E-state index in [9.17, 15) is 18.7 Å². The van der Waals surface area contributed by atoms with Crippen LogP contribution >= 0.6 is 11.6 Å². The van der Waals surface area contributed by atoms with E-state index in [4.69, 9.17) is 25.7 Å². The van der Waals surface area contributed by atoms with Gasteiger partial charge in [-0.2, -0.15) is 9.48 Å². The van der Waals surface area contributed by atoms with Gasteiger partial charge < -0.3 is 19.2 Å². The molecule has 2 aromatic carbocycles. The molecular weight excluding hydrogens is 580 g/mol. The molecule has 9 nitrogen and oxygen atoms in total. The third-order valence-corrected chi connectivity index (χ3v) is 10.3. The summed E-state index contributed by atoms with van der Waals surface area (Å²) in [6, 6.07) is 12.1. The predicted octanol–water partition coefficient (Wildman–Crippen LogP) is 6.99. The monoisotopic (exact) mass is 608 g/mol. The SMILES string of the molecule is C[C@@H]1CCCCC12C[N+]21C(O[C@H]2C[C@@H](C(=O)O)N(c3nc(C(F)F)nc4c3oc3ccccc34)C2)=Nc2cccc(Cl)c21. The molecule has 0 bridgehead atoms. The van der Waals surface area contributed by atoms with E-state index in [1.807, 2.05) is 18.2 Å². The molecule has 8 rings (SSSR count). The molecule has 3 aliphatic heterocycles. The Balaban J connectivity index is 1.18. The molecule has 1 aliphatic carbocycles. The number of quaternary nitrogens is 1. The molecule has 2 aromatic heterocycles. The standard InChI is InChI=1S/C31H28ClF2N5O4/c1-16-7-4-5-12-31(16)15-39(31)24-19(32)9-6-10-20(24)35-30(39)42-17-13-21(29(40)41)38(14-17)28-25-23(36-27(37-28)26(33)34)18-8-2-3-11-22(18)43-25/h2-3,6,8-11,16-17,21,26H,4-5,7,12-15H2,1H3/p+1/t16-,17+,21+,31?,39?/m1/s1. The summed E-state index contributed by atoms with van der Waals surface area (Å²) < 4.78 is 41.1. The first-order valence-electron chi connectivity index (χ1n) is 14.6. The van der Waals surface area contributed by atoms with Crippen LogP contribution in [0.1, 0.15) is 51.3 Å². The maximum atomic E-state index is 14.0. The number of carbonyl (C=O) groups is 1. The molecular formula is C31H29ClF2N5O4+. The van der Waals surface area contributed by atoms with Gasteiger partial charge in [-0.3, -0.25) is 0 Å². The summed E-state index contributed by atoms with van der Waals surface area (Å²) in [7, 11) is 0. The number of nitrogens with zero attached hydrogens (tertiary/aromatic N) is 5. The number of hydrogen-bond acceptors (Lipinski definition) is 7. The van der Waals surface area contributed by atoms with Crippen molar-refractivity contribution in [2.75, 3.05) is 18.0 Å². The van der Waals surface area contributed by atoms with Crippen LogP contribution in [0.2, 0.25) is 5.02 Å². The fourth-order valence-corrected chi connectivity index (χ4v) is 8.21. The number of carboxylic acid groups (broad SMARTS) is 1. The minimum Gasteiger partial charge on any atom is -0.480 e. The lowest BCUT2D eigenvalue weighted by Gasteiger charge is -2.31. The molecule has 1 N–H and O–H groups in total. The largest absolute Gasteiger partial charge is 0.480 e. The molecule has 43 heavy (non-hydrogen) atoms.